The molecule has 0 saturated carbocycles. The number of carbonyl (C=O) groups excluding carboxylic acids is 1. The minimum Gasteiger partial charge on any atom is -0.384 e. The van der Waals surface area contributed by atoms with Crippen LogP contribution in [0.3, 0.4) is 0 Å². The van der Waals surface area contributed by atoms with Crippen molar-refractivity contribution in [1.82, 2.24) is 4.90 Å². The van der Waals surface area contributed by atoms with Gasteiger partial charge >= 0.3 is 0 Å². The van der Waals surface area contributed by atoms with Gasteiger partial charge in [-0.25, -0.2) is 4.39 Å². The van der Waals surface area contributed by atoms with Gasteiger partial charge in [0.1, 0.15) is 12.4 Å². The van der Waals surface area contributed by atoms with Crippen LogP contribution in [0.25, 0.3) is 0 Å². The van der Waals surface area contributed by atoms with Crippen LogP contribution in [0, 0.1) is 17.7 Å². The first kappa shape index (κ1) is 15.5. The van der Waals surface area contributed by atoms with Gasteiger partial charge in [0.2, 0.25) is 0 Å². The number of hydrogen-bond donors (Lipinski definition) is 1. The fourth-order valence-corrected chi connectivity index (χ4v) is 2.67. The lowest BCUT2D eigenvalue weighted by Gasteiger charge is -2.27. The molecule has 0 radical (unpaired) electrons. The number of carbonyl (C=O) groups is 1. The zero-order chi connectivity index (χ0) is 15.2. The standard InChI is InChI=1S/C17H20FNO2/c1-13-6-3-2-4-10-19(13)17(21)16-9-8-15(18)12-14(16)7-5-11-20/h8-9,12-13,20H,2-4,6,10-11H2,1H3. The molecule has 1 N–H and O–H groups in total. The molecule has 112 valence electrons. The fraction of sp³-hybridized carbons (Fsp3) is 0.471. The third-order valence-corrected chi connectivity index (χ3v) is 3.83. The summed E-state index contributed by atoms with van der Waals surface area (Å²) in [6.07, 6.45) is 4.25. The molecule has 0 aromatic heterocycles. The van der Waals surface area contributed by atoms with E-state index < -0.39 is 5.82 Å². The summed E-state index contributed by atoms with van der Waals surface area (Å²) in [6, 6.07) is 4.19. The molecule has 2 rings (SSSR count). The number of benzene rings is 1. The van der Waals surface area contributed by atoms with Crippen molar-refractivity contribution in [3.05, 3.63) is 35.1 Å². The molecule has 21 heavy (non-hydrogen) atoms. The summed E-state index contributed by atoms with van der Waals surface area (Å²) in [7, 11) is 0. The van der Waals surface area contributed by atoms with Gasteiger partial charge in [0.15, 0.2) is 0 Å². The van der Waals surface area contributed by atoms with Gasteiger partial charge in [-0.1, -0.05) is 24.7 Å². The van der Waals surface area contributed by atoms with Crippen LogP contribution in [0.15, 0.2) is 18.2 Å². The van der Waals surface area contributed by atoms with E-state index in [9.17, 15) is 9.18 Å². The van der Waals surface area contributed by atoms with Crippen molar-refractivity contribution in [2.45, 2.75) is 38.6 Å². The Morgan fingerprint density at radius 3 is 3.00 bits per heavy atom. The van der Waals surface area contributed by atoms with Crippen LogP contribution in [0.4, 0.5) is 4.39 Å². The van der Waals surface area contributed by atoms with E-state index in [4.69, 9.17) is 5.11 Å². The number of rotatable bonds is 1. The van der Waals surface area contributed by atoms with Gasteiger partial charge in [-0.2, -0.15) is 0 Å². The van der Waals surface area contributed by atoms with Crippen molar-refractivity contribution in [2.75, 3.05) is 13.2 Å². The van der Waals surface area contributed by atoms with Crippen LogP contribution in [0.1, 0.15) is 48.5 Å². The normalized spacial score (nSPS) is 18.6. The zero-order valence-corrected chi connectivity index (χ0v) is 12.2. The predicted molar refractivity (Wildman–Crippen MR) is 79.3 cm³/mol. The third kappa shape index (κ3) is 3.83. The molecule has 1 aliphatic heterocycles. The second-order valence-corrected chi connectivity index (χ2v) is 5.35. The third-order valence-electron chi connectivity index (χ3n) is 3.83. The Bertz CT molecular complexity index is 574. The van der Waals surface area contributed by atoms with Crippen molar-refractivity contribution in [1.29, 1.82) is 0 Å². The molecule has 1 aromatic rings. The van der Waals surface area contributed by atoms with Crippen LogP contribution < -0.4 is 0 Å². The minimum absolute atomic E-state index is 0.105. The highest BCUT2D eigenvalue weighted by atomic mass is 19.1. The van der Waals surface area contributed by atoms with Gasteiger partial charge in [0.05, 0.1) is 5.56 Å². The molecule has 1 atom stereocenters. The van der Waals surface area contributed by atoms with Gasteiger partial charge in [0, 0.05) is 18.2 Å². The Hall–Kier alpha value is -1.86. The number of aliphatic hydroxyl groups excluding tert-OH is 1. The molecular formula is C17H20FNO2. The van der Waals surface area contributed by atoms with Crippen LogP contribution in [-0.2, 0) is 0 Å². The number of halogens is 1. The van der Waals surface area contributed by atoms with Gasteiger partial charge in [0.25, 0.3) is 5.91 Å². The molecule has 1 aliphatic rings. The Kier molecular flexibility index (Phi) is 5.35. The Morgan fingerprint density at radius 2 is 2.24 bits per heavy atom. The first-order valence-electron chi connectivity index (χ1n) is 7.33. The Morgan fingerprint density at radius 1 is 1.43 bits per heavy atom. The molecular weight excluding hydrogens is 269 g/mol. The first-order valence-corrected chi connectivity index (χ1v) is 7.33. The summed E-state index contributed by atoms with van der Waals surface area (Å²) in [5.74, 6) is 4.61. The van der Waals surface area contributed by atoms with E-state index in [2.05, 4.69) is 11.8 Å². The Balaban J connectivity index is 2.33. The maximum absolute atomic E-state index is 13.4. The maximum Gasteiger partial charge on any atom is 0.255 e. The van der Waals surface area contributed by atoms with E-state index in [1.165, 1.54) is 18.2 Å². The monoisotopic (exact) mass is 289 g/mol. The molecule has 0 bridgehead atoms. The molecule has 1 aromatic carbocycles. The maximum atomic E-state index is 13.4. The van der Waals surface area contributed by atoms with Crippen molar-refractivity contribution < 1.29 is 14.3 Å². The van der Waals surface area contributed by atoms with Gasteiger partial charge in [-0.05, 0) is 38.0 Å². The molecule has 1 fully saturated rings. The summed E-state index contributed by atoms with van der Waals surface area (Å²) >= 11 is 0. The second kappa shape index (κ2) is 7.24. The summed E-state index contributed by atoms with van der Waals surface area (Å²) in [4.78, 5) is 14.6. The van der Waals surface area contributed by atoms with Crippen molar-refractivity contribution in [2.24, 2.45) is 0 Å². The lowest BCUT2D eigenvalue weighted by atomic mass is 10.0. The SMILES string of the molecule is CC1CCCCCN1C(=O)c1ccc(F)cc1C#CCO. The average molecular weight is 289 g/mol. The molecule has 1 unspecified atom stereocenters. The number of aliphatic hydroxyl groups is 1. The number of hydrogen-bond acceptors (Lipinski definition) is 2. The fourth-order valence-electron chi connectivity index (χ4n) is 2.67. The average Bonchev–Trinajstić information content (AvgIpc) is 2.69. The van der Waals surface area contributed by atoms with Crippen molar-refractivity contribution >= 4 is 5.91 Å². The lowest BCUT2D eigenvalue weighted by Crippen LogP contribution is -2.38. The minimum atomic E-state index is -0.433. The molecule has 1 amide bonds. The molecule has 1 heterocycles. The highest BCUT2D eigenvalue weighted by Gasteiger charge is 2.24. The van der Waals surface area contributed by atoms with Gasteiger partial charge in [-0.3, -0.25) is 4.79 Å². The number of nitrogens with zero attached hydrogens (tertiary/aromatic N) is 1. The summed E-state index contributed by atoms with van der Waals surface area (Å²) < 4.78 is 13.4. The van der Waals surface area contributed by atoms with Crippen LogP contribution in [0.5, 0.6) is 0 Å². The lowest BCUT2D eigenvalue weighted by molar-refractivity contribution is 0.0697. The quantitative estimate of drug-likeness (QED) is 0.807. The molecule has 0 aliphatic carbocycles. The van der Waals surface area contributed by atoms with E-state index >= 15 is 0 Å². The predicted octanol–water partition coefficient (Wildman–Crippen LogP) is 2.57. The van der Waals surface area contributed by atoms with Crippen LogP contribution >= 0.6 is 0 Å². The highest BCUT2D eigenvalue weighted by molar-refractivity contribution is 5.97. The van der Waals surface area contributed by atoms with Gasteiger partial charge in [-0.15, -0.1) is 0 Å². The number of amides is 1. The van der Waals surface area contributed by atoms with E-state index in [1.54, 1.807) is 0 Å². The smallest absolute Gasteiger partial charge is 0.255 e. The summed E-state index contributed by atoms with van der Waals surface area (Å²) in [5.41, 5.74) is 0.747. The molecule has 0 spiro atoms. The Labute approximate surface area is 124 Å². The first-order chi connectivity index (χ1) is 10.1. The molecule has 1 saturated heterocycles. The van der Waals surface area contributed by atoms with E-state index in [-0.39, 0.29) is 18.6 Å². The van der Waals surface area contributed by atoms with Crippen molar-refractivity contribution in [3.8, 4) is 11.8 Å². The van der Waals surface area contributed by atoms with Crippen LogP contribution in [-0.4, -0.2) is 35.1 Å². The largest absolute Gasteiger partial charge is 0.384 e. The molecule has 4 heteroatoms. The van der Waals surface area contributed by atoms with E-state index in [0.29, 0.717) is 11.1 Å². The molecule has 3 nitrogen and oxygen atoms in total. The topological polar surface area (TPSA) is 40.5 Å². The van der Waals surface area contributed by atoms with Crippen LogP contribution in [0.2, 0.25) is 0 Å². The van der Waals surface area contributed by atoms with Crippen molar-refractivity contribution in [3.63, 3.8) is 0 Å². The van der Waals surface area contributed by atoms with Gasteiger partial charge < -0.3 is 10.0 Å². The van der Waals surface area contributed by atoms with E-state index in [0.717, 1.165) is 32.2 Å². The van der Waals surface area contributed by atoms with E-state index in [1.807, 2.05) is 11.8 Å². The zero-order valence-electron chi connectivity index (χ0n) is 12.2. The summed E-state index contributed by atoms with van der Waals surface area (Å²) in [6.45, 7) is 2.46. The summed E-state index contributed by atoms with van der Waals surface area (Å²) in [5, 5.41) is 8.79. The highest BCUT2D eigenvalue weighted by Crippen LogP contribution is 2.21. The second-order valence-electron chi connectivity index (χ2n) is 5.35. The number of likely N-dealkylation sites (tertiary alicyclic amines) is 1.